The highest BCUT2D eigenvalue weighted by Crippen LogP contribution is 2.17. The van der Waals surface area contributed by atoms with E-state index in [1.165, 1.54) is 5.19 Å². The predicted molar refractivity (Wildman–Crippen MR) is 75.2 cm³/mol. The van der Waals surface area contributed by atoms with Gasteiger partial charge < -0.3 is 8.85 Å². The highest BCUT2D eigenvalue weighted by atomic mass is 35.5. The van der Waals surface area contributed by atoms with Crippen molar-refractivity contribution < 1.29 is 8.85 Å². The molecule has 0 spiro atoms. The SMILES string of the molecule is CO[Si](CCCCCCl)(OC)c1ccccc1. The molecule has 0 saturated carbocycles. The molecule has 0 saturated heterocycles. The molecule has 0 unspecified atom stereocenters. The lowest BCUT2D eigenvalue weighted by Gasteiger charge is -2.27. The Morgan fingerprint density at radius 1 is 1.00 bits per heavy atom. The van der Waals surface area contributed by atoms with E-state index in [1.807, 2.05) is 18.2 Å². The second kappa shape index (κ2) is 7.87. The van der Waals surface area contributed by atoms with Gasteiger partial charge in [-0.05, 0) is 17.7 Å². The van der Waals surface area contributed by atoms with Gasteiger partial charge in [-0.15, -0.1) is 11.6 Å². The number of alkyl halides is 1. The predicted octanol–water partition coefficient (Wildman–Crippen LogP) is 3.04. The Morgan fingerprint density at radius 2 is 1.65 bits per heavy atom. The molecule has 2 nitrogen and oxygen atoms in total. The number of halogens is 1. The van der Waals surface area contributed by atoms with E-state index in [4.69, 9.17) is 20.5 Å². The van der Waals surface area contributed by atoms with Gasteiger partial charge in [0.1, 0.15) is 0 Å². The summed E-state index contributed by atoms with van der Waals surface area (Å²) in [7, 11) is 1.30. The third-order valence-electron chi connectivity index (χ3n) is 3.01. The van der Waals surface area contributed by atoms with Crippen LogP contribution in [0.15, 0.2) is 30.3 Å². The molecule has 0 amide bonds. The summed E-state index contributed by atoms with van der Waals surface area (Å²) in [6, 6.07) is 11.3. The normalized spacial score (nSPS) is 11.7. The molecule has 0 aliphatic carbocycles. The van der Waals surface area contributed by atoms with E-state index < -0.39 is 8.56 Å². The van der Waals surface area contributed by atoms with E-state index in [2.05, 4.69) is 12.1 Å². The molecule has 96 valence electrons. The maximum Gasteiger partial charge on any atom is 0.371 e. The zero-order valence-electron chi connectivity index (χ0n) is 10.6. The van der Waals surface area contributed by atoms with Gasteiger partial charge in [0, 0.05) is 20.1 Å². The zero-order chi connectivity index (χ0) is 12.6. The third kappa shape index (κ3) is 4.10. The molecule has 0 aromatic heterocycles. The minimum atomic E-state index is -2.21. The van der Waals surface area contributed by atoms with Gasteiger partial charge in [0.15, 0.2) is 0 Å². The Morgan fingerprint density at radius 3 is 2.18 bits per heavy atom. The molecular weight excluding hydrogens is 252 g/mol. The highest BCUT2D eigenvalue weighted by molar-refractivity contribution is 6.81. The summed E-state index contributed by atoms with van der Waals surface area (Å²) in [6.45, 7) is 0. The van der Waals surface area contributed by atoms with E-state index in [9.17, 15) is 0 Å². The minimum Gasteiger partial charge on any atom is -0.394 e. The number of benzene rings is 1. The van der Waals surface area contributed by atoms with Gasteiger partial charge >= 0.3 is 8.56 Å². The molecule has 1 aromatic carbocycles. The quantitative estimate of drug-likeness (QED) is 0.411. The first-order valence-corrected chi connectivity index (χ1v) is 8.56. The number of hydrogen-bond donors (Lipinski definition) is 0. The van der Waals surface area contributed by atoms with Crippen molar-refractivity contribution in [1.82, 2.24) is 0 Å². The molecule has 1 rings (SSSR count). The van der Waals surface area contributed by atoms with Crippen LogP contribution in [0.2, 0.25) is 6.04 Å². The van der Waals surface area contributed by atoms with Gasteiger partial charge in [0.05, 0.1) is 0 Å². The molecule has 0 bridgehead atoms. The van der Waals surface area contributed by atoms with Gasteiger partial charge in [0.2, 0.25) is 0 Å². The highest BCUT2D eigenvalue weighted by Gasteiger charge is 2.37. The fraction of sp³-hybridized carbons (Fsp3) is 0.538. The summed E-state index contributed by atoms with van der Waals surface area (Å²) in [6.07, 6.45) is 3.31. The first-order chi connectivity index (χ1) is 8.29. The molecule has 4 heteroatoms. The third-order valence-corrected chi connectivity index (χ3v) is 6.82. The monoisotopic (exact) mass is 272 g/mol. The maximum atomic E-state index is 5.74. The van der Waals surface area contributed by atoms with E-state index in [0.717, 1.165) is 31.2 Å². The van der Waals surface area contributed by atoms with Gasteiger partial charge in [-0.25, -0.2) is 0 Å². The van der Waals surface area contributed by atoms with Crippen LogP contribution >= 0.6 is 11.6 Å². The average molecular weight is 273 g/mol. The smallest absolute Gasteiger partial charge is 0.371 e. The molecule has 0 heterocycles. The van der Waals surface area contributed by atoms with E-state index in [0.29, 0.717) is 0 Å². The van der Waals surface area contributed by atoms with Crippen molar-refractivity contribution in [3.05, 3.63) is 30.3 Å². The first kappa shape index (κ1) is 14.7. The molecular formula is C13H21ClO2Si. The molecule has 1 aromatic rings. The molecule has 0 aliphatic rings. The Bertz CT molecular complexity index is 302. The van der Waals surface area contributed by atoms with Crippen molar-refractivity contribution in [2.45, 2.75) is 25.3 Å². The fourth-order valence-corrected chi connectivity index (χ4v) is 4.93. The van der Waals surface area contributed by atoms with Gasteiger partial charge in [-0.2, -0.15) is 0 Å². The topological polar surface area (TPSA) is 18.5 Å². The molecule has 0 atom stereocenters. The minimum absolute atomic E-state index is 0.736. The van der Waals surface area contributed by atoms with Crippen molar-refractivity contribution >= 4 is 25.3 Å². The van der Waals surface area contributed by atoms with Crippen LogP contribution in [0.4, 0.5) is 0 Å². The first-order valence-electron chi connectivity index (χ1n) is 6.01. The van der Waals surface area contributed by atoms with E-state index in [1.54, 1.807) is 14.2 Å². The Labute approximate surface area is 110 Å². The molecule has 0 N–H and O–H groups in total. The van der Waals surface area contributed by atoms with Crippen molar-refractivity contribution in [2.75, 3.05) is 20.1 Å². The Hall–Kier alpha value is -0.353. The molecule has 0 radical (unpaired) electrons. The van der Waals surface area contributed by atoms with Crippen LogP contribution < -0.4 is 5.19 Å². The van der Waals surface area contributed by atoms with E-state index >= 15 is 0 Å². The second-order valence-corrected chi connectivity index (χ2v) is 7.80. The van der Waals surface area contributed by atoms with E-state index in [-0.39, 0.29) is 0 Å². The lowest BCUT2D eigenvalue weighted by Crippen LogP contribution is -2.52. The van der Waals surface area contributed by atoms with Gasteiger partial charge in [-0.1, -0.05) is 43.2 Å². The van der Waals surface area contributed by atoms with Crippen LogP contribution in [0.3, 0.4) is 0 Å². The summed E-state index contributed by atoms with van der Waals surface area (Å²) < 4.78 is 11.5. The van der Waals surface area contributed by atoms with Crippen LogP contribution in [-0.4, -0.2) is 28.7 Å². The molecule has 0 fully saturated rings. The van der Waals surface area contributed by atoms with Crippen LogP contribution in [0, 0.1) is 0 Å². The summed E-state index contributed by atoms with van der Waals surface area (Å²) in [5.41, 5.74) is 0. The lowest BCUT2D eigenvalue weighted by molar-refractivity contribution is 0.256. The lowest BCUT2D eigenvalue weighted by atomic mass is 10.3. The summed E-state index contributed by atoms with van der Waals surface area (Å²) in [5, 5.41) is 1.20. The van der Waals surface area contributed by atoms with Crippen molar-refractivity contribution in [3.8, 4) is 0 Å². The number of hydrogen-bond acceptors (Lipinski definition) is 2. The number of unbranched alkanes of at least 4 members (excludes halogenated alkanes) is 2. The fourth-order valence-electron chi connectivity index (χ4n) is 1.99. The average Bonchev–Trinajstić information content (AvgIpc) is 2.41. The number of rotatable bonds is 8. The second-order valence-electron chi connectivity index (χ2n) is 4.03. The van der Waals surface area contributed by atoms with Crippen molar-refractivity contribution in [2.24, 2.45) is 0 Å². The molecule has 0 aliphatic heterocycles. The van der Waals surface area contributed by atoms with Gasteiger partial charge in [-0.3, -0.25) is 0 Å². The summed E-state index contributed by atoms with van der Waals surface area (Å²) in [5.74, 6) is 0.736. The van der Waals surface area contributed by atoms with Crippen LogP contribution in [0.5, 0.6) is 0 Å². The zero-order valence-corrected chi connectivity index (χ0v) is 12.4. The van der Waals surface area contributed by atoms with Crippen molar-refractivity contribution in [3.63, 3.8) is 0 Å². The Balaban J connectivity index is 2.68. The van der Waals surface area contributed by atoms with Crippen LogP contribution in [0.1, 0.15) is 19.3 Å². The van der Waals surface area contributed by atoms with Gasteiger partial charge in [0.25, 0.3) is 0 Å². The Kier molecular flexibility index (Phi) is 6.81. The summed E-state index contributed by atoms with van der Waals surface area (Å²) in [4.78, 5) is 0. The maximum absolute atomic E-state index is 5.74. The summed E-state index contributed by atoms with van der Waals surface area (Å²) >= 11 is 5.69. The standard InChI is InChI=1S/C13H21ClO2Si/c1-15-17(16-2,12-8-4-7-11-14)13-9-5-3-6-10-13/h3,5-6,9-10H,4,7-8,11-12H2,1-2H3. The molecule has 17 heavy (non-hydrogen) atoms. The largest absolute Gasteiger partial charge is 0.394 e. The van der Waals surface area contributed by atoms with Crippen LogP contribution in [0.25, 0.3) is 0 Å². The van der Waals surface area contributed by atoms with Crippen LogP contribution in [-0.2, 0) is 8.85 Å². The van der Waals surface area contributed by atoms with Crippen molar-refractivity contribution in [1.29, 1.82) is 0 Å².